The van der Waals surface area contributed by atoms with Crippen LogP contribution in [0.3, 0.4) is 0 Å². The predicted molar refractivity (Wildman–Crippen MR) is 78.6 cm³/mol. The SMILES string of the molecule is CCc1ccc(CNCC2CCCC(C)C2)cc1. The predicted octanol–water partition coefficient (Wildman–Crippen LogP) is 4.16. The van der Waals surface area contributed by atoms with Crippen LogP contribution in [-0.2, 0) is 13.0 Å². The van der Waals surface area contributed by atoms with Crippen molar-refractivity contribution in [2.75, 3.05) is 6.54 Å². The zero-order valence-electron chi connectivity index (χ0n) is 11.9. The Morgan fingerprint density at radius 1 is 1.11 bits per heavy atom. The molecule has 0 aliphatic heterocycles. The van der Waals surface area contributed by atoms with E-state index in [0.29, 0.717) is 0 Å². The first kappa shape index (κ1) is 13.6. The van der Waals surface area contributed by atoms with Gasteiger partial charge in [0, 0.05) is 6.54 Å². The number of hydrogen-bond acceptors (Lipinski definition) is 1. The van der Waals surface area contributed by atoms with Gasteiger partial charge in [-0.1, -0.05) is 51.0 Å². The third kappa shape index (κ3) is 4.13. The smallest absolute Gasteiger partial charge is 0.0205 e. The van der Waals surface area contributed by atoms with Crippen LogP contribution in [0.4, 0.5) is 0 Å². The molecule has 1 N–H and O–H groups in total. The van der Waals surface area contributed by atoms with Crippen LogP contribution in [0.1, 0.15) is 50.7 Å². The lowest BCUT2D eigenvalue weighted by atomic mass is 9.82. The van der Waals surface area contributed by atoms with Crippen molar-refractivity contribution in [2.24, 2.45) is 11.8 Å². The average Bonchev–Trinajstić information content (AvgIpc) is 2.40. The molecule has 0 saturated heterocycles. The summed E-state index contributed by atoms with van der Waals surface area (Å²) in [5, 5.41) is 3.63. The maximum absolute atomic E-state index is 3.63. The largest absolute Gasteiger partial charge is 0.312 e. The van der Waals surface area contributed by atoms with E-state index in [2.05, 4.69) is 43.4 Å². The van der Waals surface area contributed by atoms with Gasteiger partial charge in [-0.15, -0.1) is 0 Å². The van der Waals surface area contributed by atoms with Crippen LogP contribution in [0.2, 0.25) is 0 Å². The summed E-state index contributed by atoms with van der Waals surface area (Å²) in [4.78, 5) is 0. The van der Waals surface area contributed by atoms with E-state index in [-0.39, 0.29) is 0 Å². The zero-order chi connectivity index (χ0) is 12.8. The average molecular weight is 245 g/mol. The molecule has 1 saturated carbocycles. The summed E-state index contributed by atoms with van der Waals surface area (Å²) >= 11 is 0. The lowest BCUT2D eigenvalue weighted by molar-refractivity contribution is 0.274. The molecule has 18 heavy (non-hydrogen) atoms. The molecule has 0 bridgehead atoms. The van der Waals surface area contributed by atoms with Crippen molar-refractivity contribution in [1.29, 1.82) is 0 Å². The van der Waals surface area contributed by atoms with Crippen molar-refractivity contribution < 1.29 is 0 Å². The van der Waals surface area contributed by atoms with Gasteiger partial charge in [-0.3, -0.25) is 0 Å². The Hall–Kier alpha value is -0.820. The highest BCUT2D eigenvalue weighted by atomic mass is 14.9. The normalized spacial score (nSPS) is 24.1. The zero-order valence-corrected chi connectivity index (χ0v) is 11.9. The van der Waals surface area contributed by atoms with Crippen LogP contribution >= 0.6 is 0 Å². The van der Waals surface area contributed by atoms with Crippen LogP contribution in [-0.4, -0.2) is 6.54 Å². The fourth-order valence-electron chi connectivity index (χ4n) is 3.06. The van der Waals surface area contributed by atoms with Gasteiger partial charge in [-0.2, -0.15) is 0 Å². The van der Waals surface area contributed by atoms with E-state index in [9.17, 15) is 0 Å². The molecule has 1 heteroatoms. The summed E-state index contributed by atoms with van der Waals surface area (Å²) in [6, 6.07) is 9.02. The van der Waals surface area contributed by atoms with Crippen molar-refractivity contribution in [3.8, 4) is 0 Å². The second kappa shape index (κ2) is 6.94. The van der Waals surface area contributed by atoms with Crippen LogP contribution in [0.15, 0.2) is 24.3 Å². The lowest BCUT2D eigenvalue weighted by Gasteiger charge is -2.26. The van der Waals surface area contributed by atoms with Crippen LogP contribution in [0.5, 0.6) is 0 Å². The molecule has 0 spiro atoms. The topological polar surface area (TPSA) is 12.0 Å². The molecule has 0 radical (unpaired) electrons. The molecule has 0 aromatic heterocycles. The highest BCUT2D eigenvalue weighted by Crippen LogP contribution is 2.27. The molecule has 2 atom stereocenters. The molecule has 1 aliphatic carbocycles. The third-order valence-electron chi connectivity index (χ3n) is 4.24. The Labute approximate surface area is 112 Å². The van der Waals surface area contributed by atoms with E-state index in [1.165, 1.54) is 43.4 Å². The van der Waals surface area contributed by atoms with E-state index < -0.39 is 0 Å². The molecule has 1 aromatic carbocycles. The number of benzene rings is 1. The van der Waals surface area contributed by atoms with Gasteiger partial charge in [-0.05, 0) is 48.8 Å². The van der Waals surface area contributed by atoms with E-state index in [1.54, 1.807) is 0 Å². The maximum atomic E-state index is 3.63. The molecular formula is C17H27N. The van der Waals surface area contributed by atoms with Gasteiger partial charge >= 0.3 is 0 Å². The minimum absolute atomic E-state index is 0.906. The fourth-order valence-corrected chi connectivity index (χ4v) is 3.06. The Bertz CT molecular complexity index is 341. The molecule has 100 valence electrons. The van der Waals surface area contributed by atoms with E-state index >= 15 is 0 Å². The van der Waals surface area contributed by atoms with Crippen LogP contribution < -0.4 is 5.32 Å². The summed E-state index contributed by atoms with van der Waals surface area (Å²) in [5.74, 6) is 1.85. The molecule has 2 rings (SSSR count). The number of hydrogen-bond donors (Lipinski definition) is 1. The van der Waals surface area contributed by atoms with E-state index in [1.807, 2.05) is 0 Å². The number of aryl methyl sites for hydroxylation is 1. The summed E-state index contributed by atoms with van der Waals surface area (Å²) in [7, 11) is 0. The lowest BCUT2D eigenvalue weighted by Crippen LogP contribution is -2.26. The Morgan fingerprint density at radius 2 is 1.83 bits per heavy atom. The Kier molecular flexibility index (Phi) is 5.25. The van der Waals surface area contributed by atoms with Gasteiger partial charge < -0.3 is 5.32 Å². The molecule has 0 amide bonds. The van der Waals surface area contributed by atoms with Crippen molar-refractivity contribution in [2.45, 2.75) is 52.5 Å². The van der Waals surface area contributed by atoms with Crippen molar-refractivity contribution in [1.82, 2.24) is 5.32 Å². The van der Waals surface area contributed by atoms with Gasteiger partial charge in [0.1, 0.15) is 0 Å². The van der Waals surface area contributed by atoms with E-state index in [0.717, 1.165) is 24.8 Å². The van der Waals surface area contributed by atoms with Crippen molar-refractivity contribution in [3.63, 3.8) is 0 Å². The summed E-state index contributed by atoms with van der Waals surface area (Å²) in [6.45, 7) is 6.82. The first-order valence-electron chi connectivity index (χ1n) is 7.56. The summed E-state index contributed by atoms with van der Waals surface area (Å²) in [5.41, 5.74) is 2.84. The monoisotopic (exact) mass is 245 g/mol. The second-order valence-corrected chi connectivity index (χ2v) is 5.94. The highest BCUT2D eigenvalue weighted by molar-refractivity contribution is 5.22. The second-order valence-electron chi connectivity index (χ2n) is 5.94. The first-order valence-corrected chi connectivity index (χ1v) is 7.56. The Balaban J connectivity index is 1.70. The fraction of sp³-hybridized carbons (Fsp3) is 0.647. The minimum atomic E-state index is 0.906. The van der Waals surface area contributed by atoms with Crippen LogP contribution in [0, 0.1) is 11.8 Å². The van der Waals surface area contributed by atoms with Crippen molar-refractivity contribution in [3.05, 3.63) is 35.4 Å². The molecule has 1 aromatic rings. The Morgan fingerprint density at radius 3 is 2.50 bits per heavy atom. The van der Waals surface area contributed by atoms with Gasteiger partial charge in [0.05, 0.1) is 0 Å². The van der Waals surface area contributed by atoms with Crippen molar-refractivity contribution >= 4 is 0 Å². The highest BCUT2D eigenvalue weighted by Gasteiger charge is 2.17. The molecule has 1 fully saturated rings. The minimum Gasteiger partial charge on any atom is -0.312 e. The van der Waals surface area contributed by atoms with Gasteiger partial charge in [0.2, 0.25) is 0 Å². The number of rotatable bonds is 5. The van der Waals surface area contributed by atoms with Gasteiger partial charge in [0.25, 0.3) is 0 Å². The molecule has 1 nitrogen and oxygen atoms in total. The molecular weight excluding hydrogens is 218 g/mol. The van der Waals surface area contributed by atoms with Gasteiger partial charge in [0.15, 0.2) is 0 Å². The maximum Gasteiger partial charge on any atom is 0.0205 e. The third-order valence-corrected chi connectivity index (χ3v) is 4.24. The van der Waals surface area contributed by atoms with Crippen LogP contribution in [0.25, 0.3) is 0 Å². The molecule has 0 heterocycles. The van der Waals surface area contributed by atoms with E-state index in [4.69, 9.17) is 0 Å². The molecule has 1 aliphatic rings. The standard InChI is InChI=1S/C17H27N/c1-3-15-7-9-16(10-8-15)12-18-13-17-6-4-5-14(2)11-17/h7-10,14,17-18H,3-6,11-13H2,1-2H3. The molecule has 2 unspecified atom stereocenters. The summed E-state index contributed by atoms with van der Waals surface area (Å²) in [6.07, 6.45) is 6.84. The first-order chi connectivity index (χ1) is 8.78. The summed E-state index contributed by atoms with van der Waals surface area (Å²) < 4.78 is 0. The number of nitrogens with one attached hydrogen (secondary N) is 1. The van der Waals surface area contributed by atoms with Gasteiger partial charge in [-0.25, -0.2) is 0 Å². The quantitative estimate of drug-likeness (QED) is 0.821.